The van der Waals surface area contributed by atoms with Crippen LogP contribution in [-0.4, -0.2) is 25.7 Å². The molecular weight excluding hydrogens is 400 g/mol. The van der Waals surface area contributed by atoms with Gasteiger partial charge in [0.15, 0.2) is 0 Å². The first-order valence-electron chi connectivity index (χ1n) is 10.3. The Bertz CT molecular complexity index is 1320. The highest BCUT2D eigenvalue weighted by atomic mass is 19.1. The van der Waals surface area contributed by atoms with Crippen LogP contribution in [0, 0.1) is 30.4 Å². The van der Waals surface area contributed by atoms with Gasteiger partial charge in [-0.25, -0.2) is 18.4 Å². The van der Waals surface area contributed by atoms with Gasteiger partial charge in [0.1, 0.15) is 11.6 Å². The highest BCUT2D eigenvalue weighted by molar-refractivity contribution is 6.04. The molecule has 2 aromatic heterocycles. The number of halogens is 2. The van der Waals surface area contributed by atoms with Crippen LogP contribution in [0.3, 0.4) is 0 Å². The zero-order valence-electron chi connectivity index (χ0n) is 16.7. The van der Waals surface area contributed by atoms with E-state index in [1.54, 1.807) is 30.7 Å². The first kappa shape index (κ1) is 18.2. The molecule has 1 N–H and O–H groups in total. The number of aromatic amines is 1. The molecule has 1 amide bonds. The van der Waals surface area contributed by atoms with E-state index in [9.17, 15) is 4.79 Å². The molecule has 0 unspecified atom stereocenters. The number of hydrogen-bond acceptors (Lipinski definition) is 3. The minimum Gasteiger partial charge on any atom is -0.345 e. The van der Waals surface area contributed by atoms with E-state index in [4.69, 9.17) is 0 Å². The molecule has 0 radical (unpaired) electrons. The molecule has 156 valence electrons. The topological polar surface area (TPSA) is 66.8 Å². The molecule has 1 aliphatic carbocycles. The Morgan fingerprint density at radius 2 is 1.84 bits per heavy atom. The van der Waals surface area contributed by atoms with Gasteiger partial charge in [0.25, 0.3) is 0 Å². The second-order valence-electron chi connectivity index (χ2n) is 8.35. The van der Waals surface area contributed by atoms with Gasteiger partial charge in [-0.2, -0.15) is 5.10 Å². The summed E-state index contributed by atoms with van der Waals surface area (Å²) in [6.07, 6.45) is 5.06. The van der Waals surface area contributed by atoms with E-state index < -0.39 is 23.6 Å². The number of anilines is 1. The molecule has 2 aromatic carbocycles. The maximum Gasteiger partial charge on any atom is 0.233 e. The van der Waals surface area contributed by atoms with Crippen molar-refractivity contribution in [1.29, 1.82) is 0 Å². The molecule has 3 heterocycles. The third-order valence-corrected chi connectivity index (χ3v) is 6.30. The van der Waals surface area contributed by atoms with Crippen LogP contribution in [-0.2, 0) is 4.79 Å². The summed E-state index contributed by atoms with van der Waals surface area (Å²) in [6, 6.07) is 9.04. The molecule has 31 heavy (non-hydrogen) atoms. The van der Waals surface area contributed by atoms with Crippen molar-refractivity contribution in [3.05, 3.63) is 71.8 Å². The van der Waals surface area contributed by atoms with Gasteiger partial charge in [-0.1, -0.05) is 0 Å². The predicted molar refractivity (Wildman–Crippen MR) is 111 cm³/mol. The van der Waals surface area contributed by atoms with E-state index in [1.807, 2.05) is 13.0 Å². The number of aryl methyl sites for hydroxylation is 1. The Balaban J connectivity index is 1.44. The smallest absolute Gasteiger partial charge is 0.233 e. The Kier molecular flexibility index (Phi) is 3.81. The quantitative estimate of drug-likeness (QED) is 0.497. The highest BCUT2D eigenvalue weighted by Gasteiger charge is 2.56. The van der Waals surface area contributed by atoms with Crippen LogP contribution in [0.1, 0.15) is 30.1 Å². The minimum absolute atomic E-state index is 0.0637. The fraction of sp³-hybridized carbons (Fsp3) is 0.261. The van der Waals surface area contributed by atoms with Crippen LogP contribution in [0.25, 0.3) is 16.7 Å². The van der Waals surface area contributed by atoms with Gasteiger partial charge in [0, 0.05) is 29.6 Å². The van der Waals surface area contributed by atoms with Crippen LogP contribution in [0.2, 0.25) is 0 Å². The number of carbonyl (C=O) groups is 1. The molecule has 1 saturated carbocycles. The normalized spacial score (nSPS) is 21.0. The summed E-state index contributed by atoms with van der Waals surface area (Å²) in [5, 5.41) is 4.23. The highest BCUT2D eigenvalue weighted by Crippen LogP contribution is 2.54. The maximum atomic E-state index is 15.3. The van der Waals surface area contributed by atoms with Crippen molar-refractivity contribution in [2.75, 3.05) is 4.90 Å². The largest absolute Gasteiger partial charge is 0.345 e. The summed E-state index contributed by atoms with van der Waals surface area (Å²) in [4.78, 5) is 21.8. The number of fused-ring (bicyclic) bond motifs is 1. The molecule has 1 saturated heterocycles. The lowest BCUT2D eigenvalue weighted by Gasteiger charge is -2.48. The monoisotopic (exact) mass is 419 g/mol. The molecule has 8 heteroatoms. The molecule has 2 atom stereocenters. The Labute approximate surface area is 176 Å². The zero-order valence-corrected chi connectivity index (χ0v) is 16.7. The minimum atomic E-state index is -0.676. The first-order chi connectivity index (χ1) is 15.0. The van der Waals surface area contributed by atoms with Crippen molar-refractivity contribution in [2.24, 2.45) is 11.8 Å². The van der Waals surface area contributed by atoms with Crippen LogP contribution < -0.4 is 4.90 Å². The van der Waals surface area contributed by atoms with Crippen molar-refractivity contribution < 1.29 is 13.6 Å². The summed E-state index contributed by atoms with van der Waals surface area (Å²) in [5.41, 5.74) is 3.13. The lowest BCUT2D eigenvalue weighted by Crippen LogP contribution is -2.56. The molecule has 2 aliphatic rings. The van der Waals surface area contributed by atoms with Gasteiger partial charge in [-0.3, -0.25) is 4.79 Å². The number of amides is 1. The van der Waals surface area contributed by atoms with E-state index in [1.165, 1.54) is 21.7 Å². The second kappa shape index (κ2) is 6.47. The van der Waals surface area contributed by atoms with Gasteiger partial charge in [-0.05, 0) is 49.9 Å². The molecule has 0 spiro atoms. The fourth-order valence-electron chi connectivity index (χ4n) is 4.64. The van der Waals surface area contributed by atoms with Crippen LogP contribution in [0.15, 0.2) is 48.9 Å². The summed E-state index contributed by atoms with van der Waals surface area (Å²) < 4.78 is 32.1. The third-order valence-electron chi connectivity index (χ3n) is 6.30. The number of H-pyrrole nitrogens is 1. The van der Waals surface area contributed by atoms with Crippen molar-refractivity contribution in [1.82, 2.24) is 19.7 Å². The van der Waals surface area contributed by atoms with E-state index >= 15 is 8.78 Å². The van der Waals surface area contributed by atoms with Crippen LogP contribution in [0.4, 0.5) is 14.5 Å². The van der Waals surface area contributed by atoms with Gasteiger partial charge >= 0.3 is 0 Å². The number of β-lactam (4-membered cyclic amide) rings is 1. The van der Waals surface area contributed by atoms with Gasteiger partial charge in [0.05, 0.1) is 40.7 Å². The summed E-state index contributed by atoms with van der Waals surface area (Å²) >= 11 is 0. The number of nitrogens with zero attached hydrogens (tertiary/aromatic N) is 4. The Morgan fingerprint density at radius 1 is 1.06 bits per heavy atom. The standard InChI is InChI=1S/C23H19F2N5O/c1-12-6-7-29(28-12)15-8-16(24)21(17(25)9-15)22-20(13-2-3-13)23(31)30(22)14-4-5-18-19(10-14)27-11-26-18/h4-11,13,20,22H,2-3H2,1H3,(H,26,27)/t20-,22-/m1/s1. The summed E-state index contributed by atoms with van der Waals surface area (Å²) in [7, 11) is 0. The van der Waals surface area contributed by atoms with E-state index in [0.29, 0.717) is 16.9 Å². The average Bonchev–Trinajstić information content (AvgIpc) is 3.26. The average molecular weight is 419 g/mol. The van der Waals surface area contributed by atoms with Crippen molar-refractivity contribution in [3.8, 4) is 5.69 Å². The van der Waals surface area contributed by atoms with Crippen LogP contribution >= 0.6 is 0 Å². The Morgan fingerprint density at radius 3 is 2.52 bits per heavy atom. The number of aromatic nitrogens is 4. The summed E-state index contributed by atoms with van der Waals surface area (Å²) in [6.45, 7) is 1.81. The SMILES string of the molecule is Cc1ccn(-c2cc(F)c([C@H]3[C@@H](C4CC4)C(=O)N3c3ccc4[nH]cnc4c3)c(F)c2)n1. The van der Waals surface area contributed by atoms with E-state index in [-0.39, 0.29) is 17.4 Å². The Hall–Kier alpha value is -3.55. The molecule has 6 rings (SSSR count). The van der Waals surface area contributed by atoms with Crippen LogP contribution in [0.5, 0.6) is 0 Å². The molecule has 4 aromatic rings. The lowest BCUT2D eigenvalue weighted by atomic mass is 9.78. The lowest BCUT2D eigenvalue weighted by molar-refractivity contribution is -0.131. The first-order valence-corrected chi connectivity index (χ1v) is 10.3. The predicted octanol–water partition coefficient (Wildman–Crippen LogP) is 4.45. The van der Waals surface area contributed by atoms with Crippen molar-refractivity contribution in [3.63, 3.8) is 0 Å². The molecule has 2 fully saturated rings. The van der Waals surface area contributed by atoms with Crippen molar-refractivity contribution >= 4 is 22.6 Å². The number of benzene rings is 2. The third kappa shape index (κ3) is 2.78. The molecule has 1 aliphatic heterocycles. The zero-order chi connectivity index (χ0) is 21.3. The van der Waals surface area contributed by atoms with Gasteiger partial charge < -0.3 is 9.88 Å². The number of rotatable bonds is 4. The number of nitrogens with one attached hydrogen (secondary N) is 1. The number of hydrogen-bond donors (Lipinski definition) is 1. The number of carbonyl (C=O) groups excluding carboxylic acids is 1. The van der Waals surface area contributed by atoms with E-state index in [2.05, 4.69) is 15.1 Å². The fourth-order valence-corrected chi connectivity index (χ4v) is 4.64. The van der Waals surface area contributed by atoms with E-state index in [0.717, 1.165) is 24.1 Å². The van der Waals surface area contributed by atoms with Gasteiger partial charge in [-0.15, -0.1) is 0 Å². The van der Waals surface area contributed by atoms with Gasteiger partial charge in [0.2, 0.25) is 5.91 Å². The van der Waals surface area contributed by atoms with Crippen molar-refractivity contribution in [2.45, 2.75) is 25.8 Å². The summed E-state index contributed by atoms with van der Waals surface area (Å²) in [5.74, 6) is -1.66. The molecule has 0 bridgehead atoms. The second-order valence-corrected chi connectivity index (χ2v) is 8.35. The number of imidazole rings is 1. The maximum absolute atomic E-state index is 15.3. The molecular formula is C23H19F2N5O. The molecule has 6 nitrogen and oxygen atoms in total.